The summed E-state index contributed by atoms with van der Waals surface area (Å²) in [6, 6.07) is 20.1. The van der Waals surface area contributed by atoms with Crippen molar-refractivity contribution in [3.63, 3.8) is 0 Å². The van der Waals surface area contributed by atoms with E-state index in [4.69, 9.17) is 30.0 Å². The van der Waals surface area contributed by atoms with Crippen LogP contribution in [0.4, 0.5) is 0 Å². The minimum Gasteiger partial charge on any atom is -0.512 e. The van der Waals surface area contributed by atoms with E-state index in [0.717, 1.165) is 34.2 Å². The average molecular weight is 489 g/mol. The molecule has 2 aromatic heterocycles. The SMILES string of the molecule is Cl.Cn1cc(CCl)nc1-c1ccccc1.[C-]#N.[C-]#[N+]Cc1cn(C)c(-c2ccccc2)n1.[Na+]. The molecule has 0 unspecified atom stereocenters. The average Bonchev–Trinajstić information content (AvgIpc) is 3.39. The number of aryl methyl sites for hydroxylation is 2. The van der Waals surface area contributed by atoms with Gasteiger partial charge in [0.2, 0.25) is 0 Å². The van der Waals surface area contributed by atoms with E-state index < -0.39 is 0 Å². The molecule has 0 bridgehead atoms. The zero-order valence-electron chi connectivity index (χ0n) is 18.8. The van der Waals surface area contributed by atoms with Crippen LogP contribution in [0.1, 0.15) is 11.4 Å². The first-order valence-corrected chi connectivity index (χ1v) is 9.92. The molecule has 0 atom stereocenters. The van der Waals surface area contributed by atoms with Crippen molar-refractivity contribution in [3.05, 3.63) is 102 Å². The van der Waals surface area contributed by atoms with E-state index in [0.29, 0.717) is 12.4 Å². The Bertz CT molecular complexity index is 1150. The Morgan fingerprint density at radius 1 is 0.818 bits per heavy atom. The Balaban J connectivity index is 0.000000547. The van der Waals surface area contributed by atoms with Crippen LogP contribution in [-0.2, 0) is 26.5 Å². The van der Waals surface area contributed by atoms with Crippen LogP contribution < -0.4 is 29.6 Å². The van der Waals surface area contributed by atoms with Crippen LogP contribution in [0.3, 0.4) is 0 Å². The van der Waals surface area contributed by atoms with Crippen LogP contribution in [0.2, 0.25) is 0 Å². The van der Waals surface area contributed by atoms with E-state index in [2.05, 4.69) is 14.8 Å². The summed E-state index contributed by atoms with van der Waals surface area (Å²) in [7, 11) is 3.92. The van der Waals surface area contributed by atoms with Gasteiger partial charge in [-0.2, -0.15) is 0 Å². The van der Waals surface area contributed by atoms with Gasteiger partial charge in [0, 0.05) is 37.6 Å². The topological polar surface area (TPSA) is 63.8 Å². The molecule has 33 heavy (non-hydrogen) atoms. The molecule has 0 radical (unpaired) electrons. The van der Waals surface area contributed by atoms with Crippen LogP contribution in [0.25, 0.3) is 27.6 Å². The van der Waals surface area contributed by atoms with E-state index in [1.807, 2.05) is 96.3 Å². The number of nitrogens with zero attached hydrogens (tertiary/aromatic N) is 6. The summed E-state index contributed by atoms with van der Waals surface area (Å²) >= 11 is 5.72. The monoisotopic (exact) mass is 488 g/mol. The molecule has 9 heteroatoms. The van der Waals surface area contributed by atoms with Crippen molar-refractivity contribution < 1.29 is 29.6 Å². The van der Waals surface area contributed by atoms with E-state index in [1.165, 1.54) is 0 Å². The van der Waals surface area contributed by atoms with Gasteiger partial charge in [0.25, 0.3) is 6.54 Å². The zero-order chi connectivity index (χ0) is 22.6. The van der Waals surface area contributed by atoms with Crippen molar-refractivity contribution >= 4 is 24.0 Å². The fraction of sp³-hybridized carbons (Fsp3) is 0.167. The van der Waals surface area contributed by atoms with Crippen molar-refractivity contribution in [2.45, 2.75) is 12.4 Å². The summed E-state index contributed by atoms with van der Waals surface area (Å²) < 4.78 is 3.95. The minimum absolute atomic E-state index is 0. The van der Waals surface area contributed by atoms with Crippen molar-refractivity contribution in [2.24, 2.45) is 14.1 Å². The van der Waals surface area contributed by atoms with E-state index in [1.54, 1.807) is 0 Å². The quantitative estimate of drug-likeness (QED) is 0.252. The smallest absolute Gasteiger partial charge is 0.512 e. The van der Waals surface area contributed by atoms with Crippen LogP contribution in [0.15, 0.2) is 73.1 Å². The molecular weight excluding hydrogens is 466 g/mol. The molecule has 164 valence electrons. The second-order valence-electron chi connectivity index (χ2n) is 6.52. The molecule has 0 saturated heterocycles. The summed E-state index contributed by atoms with van der Waals surface area (Å²) in [6.07, 6.45) is 3.86. The molecule has 0 aliphatic carbocycles. The second kappa shape index (κ2) is 16.1. The van der Waals surface area contributed by atoms with Gasteiger partial charge in [-0.1, -0.05) is 60.7 Å². The normalized spacial score (nSPS) is 8.97. The van der Waals surface area contributed by atoms with Gasteiger partial charge >= 0.3 is 29.6 Å². The van der Waals surface area contributed by atoms with Crippen LogP contribution in [0, 0.1) is 18.4 Å². The Hall–Kier alpha value is -2.58. The van der Waals surface area contributed by atoms with Crippen LogP contribution >= 0.6 is 24.0 Å². The number of hydrogen-bond donors (Lipinski definition) is 0. The maximum atomic E-state index is 6.80. The Morgan fingerprint density at radius 3 is 1.58 bits per heavy atom. The third kappa shape index (κ3) is 8.70. The Kier molecular flexibility index (Phi) is 14.8. The van der Waals surface area contributed by atoms with Crippen molar-refractivity contribution in [3.8, 4) is 22.8 Å². The number of alkyl halides is 1. The predicted molar refractivity (Wildman–Crippen MR) is 129 cm³/mol. The Labute approximate surface area is 228 Å². The van der Waals surface area contributed by atoms with Crippen LogP contribution in [-0.4, -0.2) is 19.1 Å². The summed E-state index contributed by atoms with van der Waals surface area (Å²) in [5.74, 6) is 2.33. The molecule has 0 fully saturated rings. The molecule has 0 N–H and O–H groups in total. The summed E-state index contributed by atoms with van der Waals surface area (Å²) in [4.78, 5) is 12.2. The third-order valence-electron chi connectivity index (χ3n) is 4.29. The summed E-state index contributed by atoms with van der Waals surface area (Å²) in [6.45, 7) is 11.9. The van der Waals surface area contributed by atoms with E-state index in [9.17, 15) is 0 Å². The molecule has 2 aromatic carbocycles. The van der Waals surface area contributed by atoms with Crippen molar-refractivity contribution in [2.75, 3.05) is 0 Å². The van der Waals surface area contributed by atoms with Gasteiger partial charge in [-0.05, 0) is 0 Å². The van der Waals surface area contributed by atoms with Gasteiger partial charge in [-0.3, -0.25) is 0 Å². The number of halogens is 2. The summed E-state index contributed by atoms with van der Waals surface area (Å²) in [5.41, 5.74) is 3.93. The third-order valence-corrected chi connectivity index (χ3v) is 4.57. The fourth-order valence-corrected chi connectivity index (χ4v) is 3.12. The molecule has 0 saturated carbocycles. The maximum absolute atomic E-state index is 6.80. The van der Waals surface area contributed by atoms with Gasteiger partial charge in [0.1, 0.15) is 17.3 Å². The molecule has 4 rings (SSSR count). The molecule has 0 spiro atoms. The van der Waals surface area contributed by atoms with Gasteiger partial charge < -0.3 is 25.8 Å². The summed E-state index contributed by atoms with van der Waals surface area (Å²) in [5, 5.41) is 6.25. The van der Waals surface area contributed by atoms with Crippen LogP contribution in [0.5, 0.6) is 0 Å². The predicted octanol–water partition coefficient (Wildman–Crippen LogP) is 2.85. The fourth-order valence-electron chi connectivity index (χ4n) is 2.99. The number of imidazole rings is 2. The van der Waals surface area contributed by atoms with Gasteiger partial charge in [0.05, 0.1) is 11.6 Å². The number of hydrogen-bond acceptors (Lipinski definition) is 3. The largest absolute Gasteiger partial charge is 1.00 e. The molecule has 0 amide bonds. The molecular formula is C24H23Cl2N6Na. The van der Waals surface area contributed by atoms with Gasteiger partial charge in [0.15, 0.2) is 0 Å². The number of rotatable bonds is 4. The molecule has 2 heterocycles. The van der Waals surface area contributed by atoms with Crippen molar-refractivity contribution in [1.29, 1.82) is 5.26 Å². The molecule has 6 nitrogen and oxygen atoms in total. The Morgan fingerprint density at radius 2 is 1.21 bits per heavy atom. The molecule has 4 aromatic rings. The number of benzene rings is 2. The van der Waals surface area contributed by atoms with Gasteiger partial charge in [-0.15, -0.1) is 24.0 Å². The van der Waals surface area contributed by atoms with Gasteiger partial charge in [-0.25, -0.2) is 16.5 Å². The first-order valence-electron chi connectivity index (χ1n) is 9.39. The van der Waals surface area contributed by atoms with E-state index >= 15 is 0 Å². The maximum Gasteiger partial charge on any atom is 1.00 e. The zero-order valence-corrected chi connectivity index (χ0v) is 22.4. The van der Waals surface area contributed by atoms with Crippen molar-refractivity contribution in [1.82, 2.24) is 19.1 Å². The molecule has 0 aliphatic rings. The second-order valence-corrected chi connectivity index (χ2v) is 6.78. The standard InChI is InChI=1S/C12H11N3.C11H11ClN2.CN.ClH.Na/c1-13-8-11-9-15(2)12(14-11)10-6-4-3-5-7-10;1-14-8-10(7-12)13-11(14)9-5-3-2-4-6-9;1-2;;/h3-7,9H,8H2,2H3;2-6,8H,7H2,1H3;;1H;/q;;-1;;+1. The number of aromatic nitrogens is 4. The molecule has 0 aliphatic heterocycles. The first kappa shape index (κ1) is 30.4. The first-order chi connectivity index (χ1) is 15.1. The minimum atomic E-state index is 0. The van der Waals surface area contributed by atoms with E-state index in [-0.39, 0.29) is 42.0 Å².